The monoisotopic (exact) mass is 198 g/mol. The smallest absolute Gasteiger partial charge is 0.305 e. The lowest BCUT2D eigenvalue weighted by Gasteiger charge is -2.20. The number of hydrogen-bond donors (Lipinski definition) is 0. The van der Waals surface area contributed by atoms with Crippen LogP contribution >= 0.6 is 0 Å². The van der Waals surface area contributed by atoms with E-state index >= 15 is 0 Å². The molecule has 0 bridgehead atoms. The number of ether oxygens (including phenoxy) is 1. The minimum atomic E-state index is -0.0742. The van der Waals surface area contributed by atoms with Crippen LogP contribution in [0.25, 0.3) is 0 Å². The van der Waals surface area contributed by atoms with Gasteiger partial charge in [0, 0.05) is 6.42 Å². The van der Waals surface area contributed by atoms with Crippen molar-refractivity contribution in [3.8, 4) is 0 Å². The third-order valence-electron chi connectivity index (χ3n) is 3.60. The second-order valence-electron chi connectivity index (χ2n) is 6.05. The summed E-state index contributed by atoms with van der Waals surface area (Å²) >= 11 is 0. The van der Waals surface area contributed by atoms with Gasteiger partial charge in [-0.2, -0.15) is 0 Å². The number of carbonyl (C=O) groups is 1. The van der Waals surface area contributed by atoms with Crippen LogP contribution in [0.4, 0.5) is 0 Å². The van der Waals surface area contributed by atoms with Crippen molar-refractivity contribution in [2.45, 2.75) is 41.0 Å². The SMILES string of the molecule is COC(=O)CC1C(C(C)(C)C)C1(C)C. The number of esters is 1. The van der Waals surface area contributed by atoms with Gasteiger partial charge in [-0.25, -0.2) is 0 Å². The molecule has 1 saturated carbocycles. The molecule has 0 N–H and O–H groups in total. The van der Waals surface area contributed by atoms with E-state index in [0.29, 0.717) is 29.1 Å². The molecule has 14 heavy (non-hydrogen) atoms. The first-order chi connectivity index (χ1) is 6.21. The van der Waals surface area contributed by atoms with Gasteiger partial charge in [0.05, 0.1) is 7.11 Å². The average molecular weight is 198 g/mol. The molecule has 0 heterocycles. The van der Waals surface area contributed by atoms with Crippen LogP contribution in [0.3, 0.4) is 0 Å². The molecule has 0 aliphatic heterocycles. The molecule has 2 atom stereocenters. The quantitative estimate of drug-likeness (QED) is 0.638. The normalized spacial score (nSPS) is 29.9. The fourth-order valence-electron chi connectivity index (χ4n) is 3.11. The Hall–Kier alpha value is -0.530. The molecule has 0 amide bonds. The third-order valence-corrected chi connectivity index (χ3v) is 3.60. The largest absolute Gasteiger partial charge is 0.469 e. The maximum Gasteiger partial charge on any atom is 0.305 e. The summed E-state index contributed by atoms with van der Waals surface area (Å²) in [6.45, 7) is 11.2. The number of carbonyl (C=O) groups excluding carboxylic acids is 1. The summed E-state index contributed by atoms with van der Waals surface area (Å²) in [4.78, 5) is 11.2. The minimum absolute atomic E-state index is 0.0742. The number of methoxy groups -OCH3 is 1. The molecule has 1 rings (SSSR count). The van der Waals surface area contributed by atoms with Crippen molar-refractivity contribution in [1.29, 1.82) is 0 Å². The molecule has 2 unspecified atom stereocenters. The van der Waals surface area contributed by atoms with Gasteiger partial charge in [0.2, 0.25) is 0 Å². The highest BCUT2D eigenvalue weighted by atomic mass is 16.5. The Morgan fingerprint density at radius 2 is 1.86 bits per heavy atom. The molecule has 0 spiro atoms. The Labute approximate surface area is 87.0 Å². The number of hydrogen-bond acceptors (Lipinski definition) is 2. The highest BCUT2D eigenvalue weighted by molar-refractivity contribution is 5.70. The van der Waals surface area contributed by atoms with Crippen LogP contribution in [0.1, 0.15) is 41.0 Å². The Bertz CT molecular complexity index is 235. The van der Waals surface area contributed by atoms with Crippen LogP contribution < -0.4 is 0 Å². The van der Waals surface area contributed by atoms with E-state index in [1.165, 1.54) is 7.11 Å². The Morgan fingerprint density at radius 1 is 1.36 bits per heavy atom. The summed E-state index contributed by atoms with van der Waals surface area (Å²) < 4.78 is 4.72. The van der Waals surface area contributed by atoms with Gasteiger partial charge in [-0.3, -0.25) is 4.79 Å². The molecule has 0 aromatic carbocycles. The average Bonchev–Trinajstić information content (AvgIpc) is 2.52. The van der Waals surface area contributed by atoms with Gasteiger partial charge < -0.3 is 4.74 Å². The van der Waals surface area contributed by atoms with Crippen molar-refractivity contribution in [2.75, 3.05) is 7.11 Å². The fraction of sp³-hybridized carbons (Fsp3) is 0.917. The summed E-state index contributed by atoms with van der Waals surface area (Å²) in [5, 5.41) is 0. The molecule has 2 nitrogen and oxygen atoms in total. The molecule has 2 heteroatoms. The van der Waals surface area contributed by atoms with Gasteiger partial charge in [0.25, 0.3) is 0 Å². The van der Waals surface area contributed by atoms with E-state index in [1.54, 1.807) is 0 Å². The highest BCUT2D eigenvalue weighted by Gasteiger charge is 2.62. The lowest BCUT2D eigenvalue weighted by Crippen LogP contribution is -2.12. The van der Waals surface area contributed by atoms with E-state index in [2.05, 4.69) is 34.6 Å². The molecule has 0 aromatic heterocycles. The topological polar surface area (TPSA) is 26.3 Å². The van der Waals surface area contributed by atoms with Gasteiger partial charge in [0.1, 0.15) is 0 Å². The molecule has 0 aromatic rings. The Kier molecular flexibility index (Phi) is 2.68. The van der Waals surface area contributed by atoms with Crippen molar-refractivity contribution in [1.82, 2.24) is 0 Å². The molecule has 1 aliphatic rings. The second-order valence-corrected chi connectivity index (χ2v) is 6.05. The first-order valence-electron chi connectivity index (χ1n) is 5.28. The van der Waals surface area contributed by atoms with Gasteiger partial charge in [-0.1, -0.05) is 34.6 Å². The van der Waals surface area contributed by atoms with Crippen molar-refractivity contribution < 1.29 is 9.53 Å². The summed E-state index contributed by atoms with van der Waals surface area (Å²) in [7, 11) is 1.46. The van der Waals surface area contributed by atoms with Crippen LogP contribution in [0.5, 0.6) is 0 Å². The van der Waals surface area contributed by atoms with Crippen LogP contribution in [0.2, 0.25) is 0 Å². The fourth-order valence-corrected chi connectivity index (χ4v) is 3.11. The molecule has 1 aliphatic carbocycles. The molecule has 0 radical (unpaired) electrons. The minimum Gasteiger partial charge on any atom is -0.469 e. The van der Waals surface area contributed by atoms with E-state index in [-0.39, 0.29) is 5.97 Å². The van der Waals surface area contributed by atoms with Crippen LogP contribution in [0, 0.1) is 22.7 Å². The summed E-state index contributed by atoms with van der Waals surface area (Å²) in [5.74, 6) is 1.05. The standard InChI is InChI=1S/C12H22O2/c1-11(2,3)10-8(12(10,4)5)7-9(13)14-6/h8,10H,7H2,1-6H3. The van der Waals surface area contributed by atoms with Crippen LogP contribution in [0.15, 0.2) is 0 Å². The van der Waals surface area contributed by atoms with Gasteiger partial charge in [0.15, 0.2) is 0 Å². The molecular formula is C12H22O2. The second kappa shape index (κ2) is 3.25. The van der Waals surface area contributed by atoms with Gasteiger partial charge >= 0.3 is 5.97 Å². The first kappa shape index (κ1) is 11.5. The number of rotatable bonds is 2. The lowest BCUT2D eigenvalue weighted by atomic mass is 9.85. The Balaban J connectivity index is 2.62. The zero-order valence-electron chi connectivity index (χ0n) is 10.2. The van der Waals surface area contributed by atoms with E-state index in [1.807, 2.05) is 0 Å². The van der Waals surface area contributed by atoms with Gasteiger partial charge in [-0.15, -0.1) is 0 Å². The van der Waals surface area contributed by atoms with Crippen LogP contribution in [-0.4, -0.2) is 13.1 Å². The molecular weight excluding hydrogens is 176 g/mol. The van der Waals surface area contributed by atoms with Crippen molar-refractivity contribution in [3.63, 3.8) is 0 Å². The Morgan fingerprint density at radius 3 is 2.14 bits per heavy atom. The van der Waals surface area contributed by atoms with Gasteiger partial charge in [-0.05, 0) is 22.7 Å². The summed E-state index contributed by atoms with van der Waals surface area (Å²) in [6, 6.07) is 0. The van der Waals surface area contributed by atoms with E-state index in [9.17, 15) is 4.79 Å². The van der Waals surface area contributed by atoms with E-state index in [4.69, 9.17) is 4.74 Å². The lowest BCUT2D eigenvalue weighted by molar-refractivity contribution is -0.141. The predicted octanol–water partition coefficient (Wildman–Crippen LogP) is 2.87. The van der Waals surface area contributed by atoms with Crippen molar-refractivity contribution in [3.05, 3.63) is 0 Å². The summed E-state index contributed by atoms with van der Waals surface area (Å²) in [5.41, 5.74) is 0.592. The molecule has 82 valence electrons. The third kappa shape index (κ3) is 1.94. The van der Waals surface area contributed by atoms with Crippen molar-refractivity contribution in [2.24, 2.45) is 22.7 Å². The van der Waals surface area contributed by atoms with E-state index in [0.717, 1.165) is 0 Å². The zero-order chi connectivity index (χ0) is 11.1. The van der Waals surface area contributed by atoms with E-state index < -0.39 is 0 Å². The molecule has 0 saturated heterocycles. The van der Waals surface area contributed by atoms with Crippen LogP contribution in [-0.2, 0) is 9.53 Å². The maximum absolute atomic E-state index is 11.2. The predicted molar refractivity (Wildman–Crippen MR) is 56.8 cm³/mol. The zero-order valence-corrected chi connectivity index (χ0v) is 10.2. The first-order valence-corrected chi connectivity index (χ1v) is 5.28. The molecule has 1 fully saturated rings. The maximum atomic E-state index is 11.2. The highest BCUT2D eigenvalue weighted by Crippen LogP contribution is 2.66. The van der Waals surface area contributed by atoms with Crippen molar-refractivity contribution >= 4 is 5.97 Å². The summed E-state index contributed by atoms with van der Waals surface area (Å²) in [6.07, 6.45) is 0.575.